The molecule has 0 unspecified atom stereocenters. The predicted molar refractivity (Wildman–Crippen MR) is 138 cm³/mol. The summed E-state index contributed by atoms with van der Waals surface area (Å²) < 4.78 is 27.6. The second kappa shape index (κ2) is 10.2. The number of amides is 1. The Morgan fingerprint density at radius 2 is 1.35 bits per heavy atom. The minimum absolute atomic E-state index is 0. The Morgan fingerprint density at radius 3 is 1.88 bits per heavy atom. The second-order valence-electron chi connectivity index (χ2n) is 8.81. The summed E-state index contributed by atoms with van der Waals surface area (Å²) >= 11 is 0. The zero-order chi connectivity index (χ0) is 22.8. The summed E-state index contributed by atoms with van der Waals surface area (Å²) in [6, 6.07) is 23.3. The number of rotatable bonds is 6. The monoisotopic (exact) mass is 497 g/mol. The van der Waals surface area contributed by atoms with Gasteiger partial charge in [0.15, 0.2) is 0 Å². The number of carbonyl (C=O) groups is 1. The molecule has 0 aliphatic carbocycles. The van der Waals surface area contributed by atoms with Gasteiger partial charge in [-0.05, 0) is 79.4 Å². The minimum atomic E-state index is -3.61. The summed E-state index contributed by atoms with van der Waals surface area (Å²) in [5.41, 5.74) is 3.26. The lowest BCUT2D eigenvalue weighted by Crippen LogP contribution is -2.51. The van der Waals surface area contributed by atoms with Crippen LogP contribution < -0.4 is 10.0 Å². The average Bonchev–Trinajstić information content (AvgIpc) is 2.86. The van der Waals surface area contributed by atoms with Crippen molar-refractivity contribution >= 4 is 39.7 Å². The van der Waals surface area contributed by atoms with Crippen molar-refractivity contribution in [3.63, 3.8) is 0 Å². The molecule has 3 saturated heterocycles. The van der Waals surface area contributed by atoms with E-state index in [1.165, 1.54) is 0 Å². The third kappa shape index (κ3) is 5.27. The number of fused-ring (bicyclic) bond motifs is 3. The Kier molecular flexibility index (Phi) is 7.26. The zero-order valence-electron chi connectivity index (χ0n) is 18.7. The third-order valence-electron chi connectivity index (χ3n) is 6.67. The number of halogens is 1. The van der Waals surface area contributed by atoms with Crippen LogP contribution in [0.25, 0.3) is 11.1 Å². The highest BCUT2D eigenvalue weighted by Gasteiger charge is 2.38. The first-order valence-electron chi connectivity index (χ1n) is 11.3. The van der Waals surface area contributed by atoms with Crippen LogP contribution in [0.3, 0.4) is 0 Å². The van der Waals surface area contributed by atoms with E-state index in [4.69, 9.17) is 0 Å². The maximum absolute atomic E-state index is 12.8. The van der Waals surface area contributed by atoms with Crippen LogP contribution in [-0.4, -0.2) is 38.9 Å². The van der Waals surface area contributed by atoms with Crippen molar-refractivity contribution in [2.45, 2.75) is 17.7 Å². The lowest BCUT2D eigenvalue weighted by atomic mass is 9.78. The molecular weight excluding hydrogens is 470 g/mol. The smallest absolute Gasteiger partial charge is 0.261 e. The standard InChI is InChI=1S/C26H27N3O3S.ClH/c30-26(25-18-29-16-14-21(25)15-17-29)27-22-10-6-19(7-11-22)20-8-12-23(13-9-20)28-33(31,32)24-4-2-1-3-5-24;/h1-13,21,25,28H,14-18H2,(H,27,30);1H/t25-;/m0./s1. The summed E-state index contributed by atoms with van der Waals surface area (Å²) in [5.74, 6) is 0.707. The number of benzene rings is 3. The molecule has 0 aromatic heterocycles. The molecule has 0 radical (unpaired) electrons. The van der Waals surface area contributed by atoms with Crippen LogP contribution in [0.4, 0.5) is 11.4 Å². The minimum Gasteiger partial charge on any atom is -0.326 e. The fraction of sp³-hybridized carbons (Fsp3) is 0.269. The molecule has 3 fully saturated rings. The number of piperidine rings is 3. The molecule has 3 heterocycles. The number of nitrogens with zero attached hydrogens (tertiary/aromatic N) is 1. The first kappa shape index (κ1) is 24.3. The van der Waals surface area contributed by atoms with Gasteiger partial charge in [-0.1, -0.05) is 42.5 Å². The first-order valence-corrected chi connectivity index (χ1v) is 12.8. The van der Waals surface area contributed by atoms with Crippen molar-refractivity contribution in [1.82, 2.24) is 4.90 Å². The molecule has 3 aromatic carbocycles. The van der Waals surface area contributed by atoms with E-state index in [2.05, 4.69) is 14.9 Å². The zero-order valence-corrected chi connectivity index (χ0v) is 20.3. The fourth-order valence-corrected chi connectivity index (χ4v) is 5.87. The molecule has 1 atom stereocenters. The predicted octanol–water partition coefficient (Wildman–Crippen LogP) is 4.86. The van der Waals surface area contributed by atoms with Gasteiger partial charge < -0.3 is 10.2 Å². The molecule has 3 aromatic rings. The molecule has 3 aliphatic rings. The van der Waals surface area contributed by atoms with Crippen LogP contribution in [0.1, 0.15) is 12.8 Å². The van der Waals surface area contributed by atoms with E-state index in [-0.39, 0.29) is 29.1 Å². The Labute approximate surface area is 206 Å². The number of hydrogen-bond acceptors (Lipinski definition) is 4. The van der Waals surface area contributed by atoms with E-state index in [9.17, 15) is 13.2 Å². The highest BCUT2D eigenvalue weighted by atomic mass is 35.5. The molecule has 6 rings (SSSR count). The number of hydrogen-bond donors (Lipinski definition) is 2. The molecular formula is C26H28ClN3O3S. The van der Waals surface area contributed by atoms with E-state index in [1.54, 1.807) is 42.5 Å². The lowest BCUT2D eigenvalue weighted by Gasteiger charge is -2.43. The van der Waals surface area contributed by atoms with Crippen molar-refractivity contribution in [3.8, 4) is 11.1 Å². The van der Waals surface area contributed by atoms with Gasteiger partial charge in [-0.3, -0.25) is 9.52 Å². The molecule has 8 heteroatoms. The lowest BCUT2D eigenvalue weighted by molar-refractivity contribution is -0.125. The van der Waals surface area contributed by atoms with Crippen LogP contribution in [0.5, 0.6) is 0 Å². The van der Waals surface area contributed by atoms with E-state index in [0.717, 1.165) is 49.3 Å². The van der Waals surface area contributed by atoms with Gasteiger partial charge in [-0.25, -0.2) is 8.42 Å². The maximum Gasteiger partial charge on any atom is 0.261 e. The van der Waals surface area contributed by atoms with Crippen molar-refractivity contribution in [2.75, 3.05) is 29.7 Å². The van der Waals surface area contributed by atoms with Crippen LogP contribution in [0, 0.1) is 11.8 Å². The highest BCUT2D eigenvalue weighted by Crippen LogP contribution is 2.33. The van der Waals surface area contributed by atoms with E-state index >= 15 is 0 Å². The number of carbonyl (C=O) groups excluding carboxylic acids is 1. The SMILES string of the molecule is Cl.O=C(Nc1ccc(-c2ccc(NS(=O)(=O)c3ccccc3)cc2)cc1)[C@H]1CN2CCC1CC2. The maximum atomic E-state index is 12.8. The van der Waals surface area contributed by atoms with Crippen molar-refractivity contribution < 1.29 is 13.2 Å². The van der Waals surface area contributed by atoms with Gasteiger partial charge in [0.05, 0.1) is 10.8 Å². The van der Waals surface area contributed by atoms with Gasteiger partial charge in [0.25, 0.3) is 10.0 Å². The van der Waals surface area contributed by atoms with Crippen molar-refractivity contribution in [2.24, 2.45) is 11.8 Å². The van der Waals surface area contributed by atoms with Gasteiger partial charge in [0.1, 0.15) is 0 Å². The molecule has 2 bridgehead atoms. The topological polar surface area (TPSA) is 78.5 Å². The van der Waals surface area contributed by atoms with E-state index in [1.807, 2.05) is 36.4 Å². The first-order chi connectivity index (χ1) is 16.0. The second-order valence-corrected chi connectivity index (χ2v) is 10.5. The normalized spacial score (nSPS) is 21.4. The number of nitrogens with one attached hydrogen (secondary N) is 2. The van der Waals surface area contributed by atoms with Gasteiger partial charge in [-0.15, -0.1) is 12.4 Å². The van der Waals surface area contributed by atoms with Crippen LogP contribution in [0.2, 0.25) is 0 Å². The molecule has 0 spiro atoms. The van der Waals surface area contributed by atoms with Gasteiger partial charge in [-0.2, -0.15) is 0 Å². The molecule has 1 amide bonds. The van der Waals surface area contributed by atoms with Crippen LogP contribution >= 0.6 is 12.4 Å². The Hall–Kier alpha value is -2.87. The van der Waals surface area contributed by atoms with Crippen LogP contribution in [-0.2, 0) is 14.8 Å². The highest BCUT2D eigenvalue weighted by molar-refractivity contribution is 7.92. The summed E-state index contributed by atoms with van der Waals surface area (Å²) in [6.45, 7) is 3.11. The average molecular weight is 498 g/mol. The quantitative estimate of drug-likeness (QED) is 0.510. The van der Waals surface area contributed by atoms with Gasteiger partial charge in [0, 0.05) is 17.9 Å². The molecule has 6 nitrogen and oxygen atoms in total. The fourth-order valence-electron chi connectivity index (χ4n) is 4.79. The molecule has 0 saturated carbocycles. The van der Waals surface area contributed by atoms with E-state index < -0.39 is 10.0 Å². The summed E-state index contributed by atoms with van der Waals surface area (Å²) in [7, 11) is -3.61. The van der Waals surface area contributed by atoms with Crippen LogP contribution in [0.15, 0.2) is 83.8 Å². The van der Waals surface area contributed by atoms with Crippen molar-refractivity contribution in [1.29, 1.82) is 0 Å². The molecule has 2 N–H and O–H groups in total. The molecule has 178 valence electrons. The van der Waals surface area contributed by atoms with Gasteiger partial charge >= 0.3 is 0 Å². The Balaban J connectivity index is 0.00000274. The van der Waals surface area contributed by atoms with Crippen molar-refractivity contribution in [3.05, 3.63) is 78.9 Å². The van der Waals surface area contributed by atoms with E-state index in [0.29, 0.717) is 11.6 Å². The molecule has 34 heavy (non-hydrogen) atoms. The summed E-state index contributed by atoms with van der Waals surface area (Å²) in [5, 5.41) is 3.08. The number of sulfonamides is 1. The Morgan fingerprint density at radius 1 is 0.794 bits per heavy atom. The largest absolute Gasteiger partial charge is 0.326 e. The molecule has 3 aliphatic heterocycles. The third-order valence-corrected chi connectivity index (χ3v) is 8.07. The van der Waals surface area contributed by atoms with Gasteiger partial charge in [0.2, 0.25) is 5.91 Å². The number of anilines is 2. The Bertz CT molecular complexity index is 1220. The summed E-state index contributed by atoms with van der Waals surface area (Å²) in [6.07, 6.45) is 2.24. The summed E-state index contributed by atoms with van der Waals surface area (Å²) in [4.78, 5) is 15.4.